The fraction of sp³-hybridized carbons (Fsp3) is 0.333. The fourth-order valence-corrected chi connectivity index (χ4v) is 5.02. The summed E-state index contributed by atoms with van der Waals surface area (Å²) < 4.78 is 17.2. The van der Waals surface area contributed by atoms with Crippen molar-refractivity contribution < 1.29 is 28.9 Å². The van der Waals surface area contributed by atoms with Crippen LogP contribution in [0.3, 0.4) is 0 Å². The average Bonchev–Trinajstić information content (AvgIpc) is 3.21. The van der Waals surface area contributed by atoms with Crippen LogP contribution >= 0.6 is 0 Å². The number of aliphatic hydroxyl groups excluding tert-OH is 1. The van der Waals surface area contributed by atoms with Crippen molar-refractivity contribution in [1.29, 1.82) is 0 Å². The van der Waals surface area contributed by atoms with Gasteiger partial charge in [-0.2, -0.15) is 0 Å². The molecule has 1 aliphatic heterocycles. The number of ketones is 1. The van der Waals surface area contributed by atoms with E-state index in [1.54, 1.807) is 36.3 Å². The number of ether oxygens (including phenoxy) is 3. The Morgan fingerprint density at radius 3 is 2.39 bits per heavy atom. The number of aryl methyl sites for hydroxylation is 1. The minimum atomic E-state index is -0.782. The molecule has 0 bridgehead atoms. The van der Waals surface area contributed by atoms with E-state index < -0.39 is 17.7 Å². The molecule has 8 nitrogen and oxygen atoms in total. The number of rotatable bonds is 12. The highest BCUT2D eigenvalue weighted by Gasteiger charge is 2.46. The maximum absolute atomic E-state index is 13.5. The van der Waals surface area contributed by atoms with Gasteiger partial charge in [-0.05, 0) is 87.9 Å². The molecule has 0 unspecified atom stereocenters. The second-order valence-corrected chi connectivity index (χ2v) is 10.2. The lowest BCUT2D eigenvalue weighted by atomic mass is 9.93. The first-order valence-corrected chi connectivity index (χ1v) is 13.8. The lowest BCUT2D eigenvalue weighted by molar-refractivity contribution is -0.139. The zero-order valence-electron chi connectivity index (χ0n) is 24.3. The summed E-state index contributed by atoms with van der Waals surface area (Å²) in [5, 5.41) is 11.6. The molecule has 0 saturated carbocycles. The molecule has 1 heterocycles. The molecule has 0 aliphatic carbocycles. The van der Waals surface area contributed by atoms with Crippen LogP contribution in [-0.2, 0) is 16.2 Å². The van der Waals surface area contributed by atoms with Crippen molar-refractivity contribution in [2.24, 2.45) is 0 Å². The van der Waals surface area contributed by atoms with Crippen molar-refractivity contribution in [3.63, 3.8) is 0 Å². The molecule has 8 heteroatoms. The molecule has 1 fully saturated rings. The molecule has 1 N–H and O–H groups in total. The number of hydrogen-bond acceptors (Lipinski definition) is 7. The average molecular weight is 559 g/mol. The van der Waals surface area contributed by atoms with Gasteiger partial charge >= 0.3 is 0 Å². The Morgan fingerprint density at radius 2 is 1.73 bits per heavy atom. The van der Waals surface area contributed by atoms with Gasteiger partial charge in [-0.25, -0.2) is 0 Å². The van der Waals surface area contributed by atoms with Gasteiger partial charge in [0.25, 0.3) is 11.7 Å². The SMILES string of the molecule is CCOc1ccc([C@@H]2C(=C(O)c3ccc(OCc4ccccc4)cc3C)C(=O)C(=O)N2CCCN(C)C)cc1OC. The number of likely N-dealkylation sites (tertiary alicyclic amines) is 1. The Hall–Kier alpha value is -4.30. The molecule has 3 aromatic carbocycles. The van der Waals surface area contributed by atoms with Crippen molar-refractivity contribution in [1.82, 2.24) is 9.80 Å². The summed E-state index contributed by atoms with van der Waals surface area (Å²) >= 11 is 0. The zero-order chi connectivity index (χ0) is 29.5. The van der Waals surface area contributed by atoms with E-state index in [0.717, 1.165) is 17.7 Å². The predicted molar refractivity (Wildman–Crippen MR) is 158 cm³/mol. The highest BCUT2D eigenvalue weighted by atomic mass is 16.5. The van der Waals surface area contributed by atoms with E-state index in [-0.39, 0.29) is 11.3 Å². The van der Waals surface area contributed by atoms with Crippen molar-refractivity contribution in [3.05, 3.63) is 94.6 Å². The van der Waals surface area contributed by atoms with Crippen molar-refractivity contribution in [2.75, 3.05) is 40.9 Å². The van der Waals surface area contributed by atoms with Crippen molar-refractivity contribution in [3.8, 4) is 17.2 Å². The Bertz CT molecular complexity index is 1420. The molecule has 0 radical (unpaired) electrons. The van der Waals surface area contributed by atoms with Crippen LogP contribution in [-0.4, -0.2) is 67.5 Å². The second kappa shape index (κ2) is 13.4. The monoisotopic (exact) mass is 558 g/mol. The third kappa shape index (κ3) is 6.72. The number of hydrogen-bond donors (Lipinski definition) is 1. The van der Waals surface area contributed by atoms with Crippen LogP contribution in [0.5, 0.6) is 17.2 Å². The van der Waals surface area contributed by atoms with E-state index in [0.29, 0.717) is 54.6 Å². The number of aliphatic hydroxyl groups is 1. The Labute approximate surface area is 241 Å². The van der Waals surface area contributed by atoms with Crippen LogP contribution in [0, 0.1) is 6.92 Å². The van der Waals surface area contributed by atoms with Gasteiger partial charge < -0.3 is 29.1 Å². The van der Waals surface area contributed by atoms with E-state index in [9.17, 15) is 14.7 Å². The van der Waals surface area contributed by atoms with Gasteiger partial charge in [0.15, 0.2) is 11.5 Å². The summed E-state index contributed by atoms with van der Waals surface area (Å²) in [5.74, 6) is 0.116. The number of carbonyl (C=O) groups excluding carboxylic acids is 2. The summed E-state index contributed by atoms with van der Waals surface area (Å²) in [6, 6.07) is 19.7. The summed E-state index contributed by atoms with van der Waals surface area (Å²) in [4.78, 5) is 30.4. The number of amides is 1. The molecular weight excluding hydrogens is 520 g/mol. The van der Waals surface area contributed by atoms with Gasteiger partial charge in [0, 0.05) is 12.1 Å². The van der Waals surface area contributed by atoms with Crippen LogP contribution < -0.4 is 14.2 Å². The molecule has 0 aromatic heterocycles. The molecule has 41 heavy (non-hydrogen) atoms. The number of nitrogens with zero attached hydrogens (tertiary/aromatic N) is 2. The first kappa shape index (κ1) is 29.7. The lowest BCUT2D eigenvalue weighted by Crippen LogP contribution is -2.32. The van der Waals surface area contributed by atoms with Crippen LogP contribution in [0.15, 0.2) is 72.3 Å². The summed E-state index contributed by atoms with van der Waals surface area (Å²) in [6.45, 7) is 5.68. The van der Waals surface area contributed by atoms with Crippen LogP contribution in [0.25, 0.3) is 5.76 Å². The van der Waals surface area contributed by atoms with Crippen molar-refractivity contribution >= 4 is 17.4 Å². The van der Waals surface area contributed by atoms with E-state index in [1.165, 1.54) is 0 Å². The minimum absolute atomic E-state index is 0.0483. The molecule has 0 spiro atoms. The van der Waals surface area contributed by atoms with Gasteiger partial charge in [-0.3, -0.25) is 9.59 Å². The van der Waals surface area contributed by atoms with Gasteiger partial charge in [0.2, 0.25) is 0 Å². The maximum Gasteiger partial charge on any atom is 0.295 e. The van der Waals surface area contributed by atoms with Crippen LogP contribution in [0.4, 0.5) is 0 Å². The molecule has 216 valence electrons. The lowest BCUT2D eigenvalue weighted by Gasteiger charge is -2.26. The third-order valence-electron chi connectivity index (χ3n) is 7.05. The standard InChI is InChI=1S/C33H38N2O6/c1-6-40-27-16-13-24(20-28(27)39-5)30-29(32(37)33(38)35(30)18-10-17-34(3)4)31(36)26-15-14-25(19-22(26)2)41-21-23-11-8-7-9-12-23/h7-9,11-16,19-20,30,36H,6,10,17-18,21H2,1-5H3/t30-/m1/s1. The van der Waals surface area contributed by atoms with E-state index >= 15 is 0 Å². The Balaban J connectivity index is 1.73. The van der Waals surface area contributed by atoms with E-state index in [4.69, 9.17) is 14.2 Å². The molecule has 1 aliphatic rings. The fourth-order valence-electron chi connectivity index (χ4n) is 5.02. The zero-order valence-corrected chi connectivity index (χ0v) is 24.3. The first-order valence-electron chi connectivity index (χ1n) is 13.8. The number of Topliss-reactive ketones (excluding diaryl/α,β-unsaturated/α-hetero) is 1. The minimum Gasteiger partial charge on any atom is -0.507 e. The van der Waals surface area contributed by atoms with E-state index in [2.05, 4.69) is 0 Å². The number of carbonyl (C=O) groups is 2. The Kier molecular flexibility index (Phi) is 9.68. The highest BCUT2D eigenvalue weighted by molar-refractivity contribution is 6.46. The first-order chi connectivity index (χ1) is 19.7. The molecule has 1 amide bonds. The van der Waals surface area contributed by atoms with Gasteiger partial charge in [-0.1, -0.05) is 36.4 Å². The maximum atomic E-state index is 13.5. The van der Waals surface area contributed by atoms with E-state index in [1.807, 2.05) is 75.3 Å². The molecule has 3 aromatic rings. The van der Waals surface area contributed by atoms with Crippen molar-refractivity contribution in [2.45, 2.75) is 32.9 Å². The van der Waals surface area contributed by atoms with Gasteiger partial charge in [0.1, 0.15) is 18.1 Å². The molecule has 4 rings (SSSR count). The van der Waals surface area contributed by atoms with Gasteiger partial charge in [0.05, 0.1) is 25.3 Å². The third-order valence-corrected chi connectivity index (χ3v) is 7.05. The molecule has 1 atom stereocenters. The second-order valence-electron chi connectivity index (χ2n) is 10.2. The van der Waals surface area contributed by atoms with Crippen LogP contribution in [0.1, 0.15) is 41.6 Å². The Morgan fingerprint density at radius 1 is 0.976 bits per heavy atom. The van der Waals surface area contributed by atoms with Crippen LogP contribution in [0.2, 0.25) is 0 Å². The molecular formula is C33H38N2O6. The predicted octanol–water partition coefficient (Wildman–Crippen LogP) is 5.35. The summed E-state index contributed by atoms with van der Waals surface area (Å²) in [7, 11) is 5.46. The highest BCUT2D eigenvalue weighted by Crippen LogP contribution is 2.42. The van der Waals surface area contributed by atoms with Gasteiger partial charge in [-0.15, -0.1) is 0 Å². The summed E-state index contributed by atoms with van der Waals surface area (Å²) in [6.07, 6.45) is 0.664. The topological polar surface area (TPSA) is 88.5 Å². The number of benzene rings is 3. The largest absolute Gasteiger partial charge is 0.507 e. The normalized spacial score (nSPS) is 16.3. The molecule has 1 saturated heterocycles. The quantitative estimate of drug-likeness (QED) is 0.182. The number of methoxy groups -OCH3 is 1. The summed E-state index contributed by atoms with van der Waals surface area (Å²) in [5.41, 5.74) is 2.92. The smallest absolute Gasteiger partial charge is 0.295 e.